The second kappa shape index (κ2) is 7.96. The Morgan fingerprint density at radius 3 is 2.84 bits per heavy atom. The minimum atomic E-state index is -0.0638. The minimum absolute atomic E-state index is 0.0638. The highest BCUT2D eigenvalue weighted by atomic mass is 32.2. The van der Waals surface area contributed by atoms with Crippen LogP contribution in [0.2, 0.25) is 0 Å². The van der Waals surface area contributed by atoms with Gasteiger partial charge in [0.25, 0.3) is 0 Å². The molecule has 5 nitrogen and oxygen atoms in total. The number of thioether (sulfide) groups is 1. The molecule has 2 heterocycles. The van der Waals surface area contributed by atoms with Crippen molar-refractivity contribution < 1.29 is 4.79 Å². The lowest BCUT2D eigenvalue weighted by molar-refractivity contribution is -0.125. The van der Waals surface area contributed by atoms with E-state index in [1.807, 2.05) is 32.0 Å². The lowest BCUT2D eigenvalue weighted by Gasteiger charge is -2.57. The van der Waals surface area contributed by atoms with Gasteiger partial charge in [0.05, 0.1) is 17.1 Å². The Labute approximate surface area is 189 Å². The minimum Gasteiger partial charge on any atom is -0.353 e. The monoisotopic (exact) mass is 438 g/mol. The summed E-state index contributed by atoms with van der Waals surface area (Å²) < 4.78 is 0. The number of imidazole rings is 1. The number of rotatable bonds is 6. The number of carbonyl (C=O) groups excluding carboxylic acids is 1. The average molecular weight is 439 g/mol. The summed E-state index contributed by atoms with van der Waals surface area (Å²) in [6, 6.07) is 8.26. The van der Waals surface area contributed by atoms with Crippen molar-refractivity contribution in [3.63, 3.8) is 0 Å². The molecule has 31 heavy (non-hydrogen) atoms. The maximum Gasteiger partial charge on any atom is 0.237 e. The van der Waals surface area contributed by atoms with Gasteiger partial charge in [-0.3, -0.25) is 9.69 Å². The average Bonchev–Trinajstić information content (AvgIpc) is 3.30. The van der Waals surface area contributed by atoms with Crippen molar-refractivity contribution in [3.05, 3.63) is 35.9 Å². The Hall–Kier alpha value is -1.79. The highest BCUT2D eigenvalue weighted by Crippen LogP contribution is 2.59. The molecule has 3 aliphatic carbocycles. The van der Waals surface area contributed by atoms with E-state index in [0.29, 0.717) is 16.6 Å². The van der Waals surface area contributed by atoms with Crippen LogP contribution in [-0.2, 0) is 4.79 Å². The molecule has 1 aromatic carbocycles. The lowest BCUT2D eigenvalue weighted by Crippen LogP contribution is -2.51. The van der Waals surface area contributed by atoms with E-state index >= 15 is 0 Å². The molecule has 0 spiro atoms. The summed E-state index contributed by atoms with van der Waals surface area (Å²) in [4.78, 5) is 23.7. The molecule has 4 aliphatic rings. The highest BCUT2D eigenvalue weighted by Gasteiger charge is 2.51. The molecule has 1 amide bonds. The van der Waals surface area contributed by atoms with Gasteiger partial charge in [-0.2, -0.15) is 0 Å². The summed E-state index contributed by atoms with van der Waals surface area (Å²) in [6.45, 7) is 10.8. The predicted octanol–water partition coefficient (Wildman–Crippen LogP) is 4.61. The number of H-pyrrole nitrogens is 1. The molecular formula is C25H34N4OS. The van der Waals surface area contributed by atoms with E-state index in [2.05, 4.69) is 41.2 Å². The standard InChI is InChI=1S/C25H34N4OS/c1-15(2)26-23(30)22-12-18(31-24-27-20-7-5-6-8-21(20)28-24)14-29(22)13-16-9-10-17-11-19(16)25(17,3)4/h5-9,15,17-19,22H,10-14H2,1-4H3,(H,26,30)(H,27,28)/t17-,18+,19-,22-/m0/s1. The SMILES string of the molecule is CC(C)NC(=O)[C@@H]1C[C@@H](Sc2nc3ccccc3[nH]2)CN1CC1=CC[C@H]2C[C@@H]1C2(C)C. The van der Waals surface area contributed by atoms with Crippen molar-refractivity contribution in [1.29, 1.82) is 0 Å². The van der Waals surface area contributed by atoms with E-state index in [0.717, 1.165) is 41.6 Å². The van der Waals surface area contributed by atoms with Gasteiger partial charge in [0, 0.05) is 24.4 Å². The Kier molecular flexibility index (Phi) is 5.41. The Morgan fingerprint density at radius 2 is 2.13 bits per heavy atom. The number of nitrogens with zero attached hydrogens (tertiary/aromatic N) is 2. The number of fused-ring (bicyclic) bond motifs is 2. The smallest absolute Gasteiger partial charge is 0.237 e. The zero-order valence-electron chi connectivity index (χ0n) is 19.0. The first-order valence-electron chi connectivity index (χ1n) is 11.7. The van der Waals surface area contributed by atoms with E-state index in [1.54, 1.807) is 17.3 Å². The van der Waals surface area contributed by atoms with Gasteiger partial charge in [-0.25, -0.2) is 4.98 Å². The molecule has 1 saturated heterocycles. The first-order valence-corrected chi connectivity index (χ1v) is 12.5. The van der Waals surface area contributed by atoms with Crippen LogP contribution in [0, 0.1) is 17.3 Å². The largest absolute Gasteiger partial charge is 0.353 e. The first kappa shape index (κ1) is 21.1. The first-order chi connectivity index (χ1) is 14.8. The van der Waals surface area contributed by atoms with Crippen LogP contribution in [0.4, 0.5) is 0 Å². The molecule has 6 rings (SSSR count). The second-order valence-electron chi connectivity index (χ2n) is 10.5. The number of para-hydroxylation sites is 2. The van der Waals surface area contributed by atoms with Crippen LogP contribution < -0.4 is 5.32 Å². The van der Waals surface area contributed by atoms with Crippen LogP contribution in [0.5, 0.6) is 0 Å². The Morgan fingerprint density at radius 1 is 1.32 bits per heavy atom. The summed E-state index contributed by atoms with van der Waals surface area (Å²) in [5.74, 6) is 1.70. The fourth-order valence-corrected chi connectivity index (χ4v) is 6.99. The lowest BCUT2D eigenvalue weighted by atomic mass is 9.49. The topological polar surface area (TPSA) is 61.0 Å². The van der Waals surface area contributed by atoms with Crippen molar-refractivity contribution in [2.45, 2.75) is 69.4 Å². The third kappa shape index (κ3) is 3.93. The molecule has 2 fully saturated rings. The zero-order valence-corrected chi connectivity index (χ0v) is 19.8. The number of benzene rings is 1. The molecule has 0 unspecified atom stereocenters. The number of aromatic nitrogens is 2. The van der Waals surface area contributed by atoms with Crippen molar-refractivity contribution >= 4 is 28.7 Å². The number of hydrogen-bond donors (Lipinski definition) is 2. The van der Waals surface area contributed by atoms with E-state index < -0.39 is 0 Å². The molecule has 2 bridgehead atoms. The normalized spacial score (nSPS) is 29.8. The number of amides is 1. The highest BCUT2D eigenvalue weighted by molar-refractivity contribution is 7.99. The van der Waals surface area contributed by atoms with Gasteiger partial charge in [-0.15, -0.1) is 0 Å². The van der Waals surface area contributed by atoms with Gasteiger partial charge in [-0.05, 0) is 62.5 Å². The van der Waals surface area contributed by atoms with Gasteiger partial charge in [0.1, 0.15) is 0 Å². The van der Waals surface area contributed by atoms with Gasteiger partial charge in [0.2, 0.25) is 5.91 Å². The summed E-state index contributed by atoms with van der Waals surface area (Å²) in [6.07, 6.45) is 5.87. The maximum absolute atomic E-state index is 13.1. The number of hydrogen-bond acceptors (Lipinski definition) is 4. The summed E-state index contributed by atoms with van der Waals surface area (Å²) in [7, 11) is 0. The molecule has 1 aromatic heterocycles. The molecule has 4 atom stereocenters. The van der Waals surface area contributed by atoms with Crippen LogP contribution in [-0.4, -0.2) is 51.2 Å². The number of nitrogens with one attached hydrogen (secondary N) is 2. The fourth-order valence-electron chi connectivity index (χ4n) is 5.81. The summed E-state index contributed by atoms with van der Waals surface area (Å²) in [5, 5.41) is 4.47. The molecule has 1 aliphatic heterocycles. The van der Waals surface area contributed by atoms with Crippen LogP contribution in [0.25, 0.3) is 11.0 Å². The molecule has 2 N–H and O–H groups in total. The van der Waals surface area contributed by atoms with Crippen molar-refractivity contribution in [1.82, 2.24) is 20.2 Å². The Balaban J connectivity index is 1.32. The number of allylic oxidation sites excluding steroid dienone is 1. The fraction of sp³-hybridized carbons (Fsp3) is 0.600. The van der Waals surface area contributed by atoms with E-state index in [4.69, 9.17) is 4.98 Å². The van der Waals surface area contributed by atoms with Crippen LogP contribution in [0.1, 0.15) is 47.0 Å². The van der Waals surface area contributed by atoms with Crippen molar-refractivity contribution in [2.75, 3.05) is 13.1 Å². The molecule has 6 heteroatoms. The maximum atomic E-state index is 13.1. The number of likely N-dealkylation sites (tertiary alicyclic amines) is 1. The van der Waals surface area contributed by atoms with Crippen LogP contribution >= 0.6 is 11.8 Å². The Bertz CT molecular complexity index is 977. The predicted molar refractivity (Wildman–Crippen MR) is 127 cm³/mol. The van der Waals surface area contributed by atoms with E-state index in [9.17, 15) is 4.79 Å². The zero-order chi connectivity index (χ0) is 21.8. The molecule has 1 saturated carbocycles. The summed E-state index contributed by atoms with van der Waals surface area (Å²) in [5.41, 5.74) is 4.05. The van der Waals surface area contributed by atoms with Crippen LogP contribution in [0.3, 0.4) is 0 Å². The number of aromatic amines is 1. The van der Waals surface area contributed by atoms with E-state index in [-0.39, 0.29) is 18.0 Å². The molecule has 166 valence electrons. The quantitative estimate of drug-likeness (QED) is 0.647. The van der Waals surface area contributed by atoms with Gasteiger partial charge >= 0.3 is 0 Å². The van der Waals surface area contributed by atoms with E-state index in [1.165, 1.54) is 12.8 Å². The third-order valence-electron chi connectivity index (χ3n) is 7.71. The third-order valence-corrected chi connectivity index (χ3v) is 8.80. The summed E-state index contributed by atoms with van der Waals surface area (Å²) >= 11 is 1.79. The molecule has 2 aromatic rings. The van der Waals surface area contributed by atoms with Crippen LogP contribution in [0.15, 0.2) is 41.1 Å². The van der Waals surface area contributed by atoms with Crippen molar-refractivity contribution in [3.8, 4) is 0 Å². The van der Waals surface area contributed by atoms with Gasteiger partial charge in [0.15, 0.2) is 5.16 Å². The second-order valence-corrected chi connectivity index (χ2v) is 11.8. The number of carbonyl (C=O) groups is 1. The van der Waals surface area contributed by atoms with Crippen molar-refractivity contribution in [2.24, 2.45) is 17.3 Å². The molecular weight excluding hydrogens is 404 g/mol. The van der Waals surface area contributed by atoms with Gasteiger partial charge in [-0.1, -0.05) is 49.4 Å². The van der Waals surface area contributed by atoms with Gasteiger partial charge < -0.3 is 10.3 Å². The molecule has 0 radical (unpaired) electrons.